The van der Waals surface area contributed by atoms with Crippen molar-refractivity contribution in [2.24, 2.45) is 5.73 Å². The van der Waals surface area contributed by atoms with E-state index < -0.39 is 0 Å². The predicted molar refractivity (Wildman–Crippen MR) is 68.5 cm³/mol. The van der Waals surface area contributed by atoms with Crippen LogP contribution in [0.25, 0.3) is 0 Å². The van der Waals surface area contributed by atoms with Crippen molar-refractivity contribution in [3.8, 4) is 0 Å². The summed E-state index contributed by atoms with van der Waals surface area (Å²) in [7, 11) is 2.11. The van der Waals surface area contributed by atoms with E-state index in [9.17, 15) is 0 Å². The molecule has 0 heterocycles. The van der Waals surface area contributed by atoms with Crippen LogP contribution in [-0.2, 0) is 6.42 Å². The Morgan fingerprint density at radius 2 is 1.87 bits per heavy atom. The van der Waals surface area contributed by atoms with E-state index in [1.54, 1.807) is 11.8 Å². The Bertz CT molecular complexity index is 271. The fraction of sp³-hybridized carbons (Fsp3) is 0.500. The van der Waals surface area contributed by atoms with Gasteiger partial charge in [0.2, 0.25) is 0 Å². The Hall–Kier alpha value is -0.510. The summed E-state index contributed by atoms with van der Waals surface area (Å²) in [6.45, 7) is 2.79. The molecule has 2 N–H and O–H groups in total. The van der Waals surface area contributed by atoms with Crippen molar-refractivity contribution in [3.63, 3.8) is 0 Å². The molecule has 0 saturated carbocycles. The molecule has 0 saturated heterocycles. The van der Waals surface area contributed by atoms with E-state index in [1.165, 1.54) is 10.5 Å². The summed E-state index contributed by atoms with van der Waals surface area (Å²) < 4.78 is 0. The van der Waals surface area contributed by atoms with Gasteiger partial charge in [-0.3, -0.25) is 0 Å². The second-order valence-corrected chi connectivity index (χ2v) is 4.57. The Labute approximate surface area is 96.8 Å². The molecule has 1 rings (SSSR count). The molecule has 0 bridgehead atoms. The van der Waals surface area contributed by atoms with Crippen molar-refractivity contribution in [2.75, 3.05) is 32.9 Å². The summed E-state index contributed by atoms with van der Waals surface area (Å²) >= 11 is 1.78. The molecule has 0 aliphatic rings. The molecule has 2 nitrogen and oxygen atoms in total. The standard InChI is InChI=1S/C12H20N2S/c1-14(10-8-13)9-7-11-3-5-12(15-2)6-4-11/h3-6H,7-10,13H2,1-2H3. The van der Waals surface area contributed by atoms with Gasteiger partial charge in [-0.15, -0.1) is 11.8 Å². The average Bonchev–Trinajstić information content (AvgIpc) is 2.27. The van der Waals surface area contributed by atoms with Crippen molar-refractivity contribution in [1.29, 1.82) is 0 Å². The molecule has 0 aromatic heterocycles. The van der Waals surface area contributed by atoms with Gasteiger partial charge in [0, 0.05) is 24.5 Å². The summed E-state index contributed by atoms with van der Waals surface area (Å²) in [4.78, 5) is 3.59. The minimum Gasteiger partial charge on any atom is -0.329 e. The molecular weight excluding hydrogens is 204 g/mol. The van der Waals surface area contributed by atoms with Crippen LogP contribution in [0.4, 0.5) is 0 Å². The second-order valence-electron chi connectivity index (χ2n) is 3.69. The van der Waals surface area contributed by atoms with Crippen molar-refractivity contribution >= 4 is 11.8 Å². The zero-order valence-electron chi connectivity index (χ0n) is 9.57. The Morgan fingerprint density at radius 1 is 1.20 bits per heavy atom. The molecule has 0 atom stereocenters. The van der Waals surface area contributed by atoms with Gasteiger partial charge in [-0.25, -0.2) is 0 Å². The van der Waals surface area contributed by atoms with E-state index >= 15 is 0 Å². The molecule has 0 unspecified atom stereocenters. The van der Waals surface area contributed by atoms with Crippen molar-refractivity contribution < 1.29 is 0 Å². The number of nitrogens with zero attached hydrogens (tertiary/aromatic N) is 1. The number of hydrogen-bond donors (Lipinski definition) is 1. The van der Waals surface area contributed by atoms with Crippen LogP contribution in [0.1, 0.15) is 5.56 Å². The molecule has 0 amide bonds. The molecule has 0 aliphatic heterocycles. The van der Waals surface area contributed by atoms with Gasteiger partial charge in [0.15, 0.2) is 0 Å². The molecule has 0 fully saturated rings. The SMILES string of the molecule is CSc1ccc(CCN(C)CCN)cc1. The lowest BCUT2D eigenvalue weighted by molar-refractivity contribution is 0.348. The average molecular weight is 224 g/mol. The van der Waals surface area contributed by atoms with E-state index in [0.29, 0.717) is 0 Å². The zero-order valence-corrected chi connectivity index (χ0v) is 10.4. The monoisotopic (exact) mass is 224 g/mol. The third-order valence-corrected chi connectivity index (χ3v) is 3.20. The van der Waals surface area contributed by atoms with Crippen LogP contribution < -0.4 is 5.73 Å². The highest BCUT2D eigenvalue weighted by Gasteiger charge is 1.98. The molecular formula is C12H20N2S. The fourth-order valence-electron chi connectivity index (χ4n) is 1.44. The zero-order chi connectivity index (χ0) is 11.1. The van der Waals surface area contributed by atoms with E-state index in [-0.39, 0.29) is 0 Å². The summed E-state index contributed by atoms with van der Waals surface area (Å²) in [5, 5.41) is 0. The molecule has 1 aromatic carbocycles. The lowest BCUT2D eigenvalue weighted by Crippen LogP contribution is -2.27. The van der Waals surface area contributed by atoms with Gasteiger partial charge < -0.3 is 10.6 Å². The normalized spacial score (nSPS) is 10.9. The van der Waals surface area contributed by atoms with E-state index in [4.69, 9.17) is 5.73 Å². The van der Waals surface area contributed by atoms with Crippen LogP contribution in [0.5, 0.6) is 0 Å². The van der Waals surface area contributed by atoms with Crippen LogP contribution in [0.2, 0.25) is 0 Å². The topological polar surface area (TPSA) is 29.3 Å². The van der Waals surface area contributed by atoms with Crippen LogP contribution in [0.3, 0.4) is 0 Å². The number of thioether (sulfide) groups is 1. The summed E-state index contributed by atoms with van der Waals surface area (Å²) in [6.07, 6.45) is 3.20. The molecule has 84 valence electrons. The molecule has 0 aliphatic carbocycles. The van der Waals surface area contributed by atoms with Gasteiger partial charge in [0.25, 0.3) is 0 Å². The van der Waals surface area contributed by atoms with Gasteiger partial charge in [0.1, 0.15) is 0 Å². The maximum absolute atomic E-state index is 5.49. The molecule has 15 heavy (non-hydrogen) atoms. The third kappa shape index (κ3) is 4.69. The van der Waals surface area contributed by atoms with Gasteiger partial charge in [-0.1, -0.05) is 12.1 Å². The second kappa shape index (κ2) is 6.88. The highest BCUT2D eigenvalue weighted by atomic mass is 32.2. The number of nitrogens with two attached hydrogens (primary N) is 1. The highest BCUT2D eigenvalue weighted by molar-refractivity contribution is 7.98. The first-order chi connectivity index (χ1) is 7.26. The van der Waals surface area contributed by atoms with E-state index in [1.807, 2.05) is 0 Å². The highest BCUT2D eigenvalue weighted by Crippen LogP contribution is 2.15. The fourth-order valence-corrected chi connectivity index (χ4v) is 1.85. The molecule has 1 aromatic rings. The minimum atomic E-state index is 0.738. The summed E-state index contributed by atoms with van der Waals surface area (Å²) in [5.41, 5.74) is 6.89. The first-order valence-corrected chi connectivity index (χ1v) is 6.50. The van der Waals surface area contributed by atoms with Crippen LogP contribution in [0.15, 0.2) is 29.2 Å². The van der Waals surface area contributed by atoms with Gasteiger partial charge >= 0.3 is 0 Å². The van der Waals surface area contributed by atoms with Gasteiger partial charge in [-0.05, 0) is 37.4 Å². The van der Waals surface area contributed by atoms with Crippen LogP contribution >= 0.6 is 11.8 Å². The number of rotatable bonds is 6. The first-order valence-electron chi connectivity index (χ1n) is 5.28. The third-order valence-electron chi connectivity index (χ3n) is 2.45. The lowest BCUT2D eigenvalue weighted by Gasteiger charge is -2.14. The van der Waals surface area contributed by atoms with Gasteiger partial charge in [0.05, 0.1) is 0 Å². The maximum Gasteiger partial charge on any atom is 0.0102 e. The van der Waals surface area contributed by atoms with Gasteiger partial charge in [-0.2, -0.15) is 0 Å². The van der Waals surface area contributed by atoms with Crippen LogP contribution in [-0.4, -0.2) is 37.8 Å². The maximum atomic E-state index is 5.49. The Morgan fingerprint density at radius 3 is 2.40 bits per heavy atom. The quantitative estimate of drug-likeness (QED) is 0.748. The Balaban J connectivity index is 2.37. The number of benzene rings is 1. The smallest absolute Gasteiger partial charge is 0.0102 e. The number of hydrogen-bond acceptors (Lipinski definition) is 3. The number of likely N-dealkylation sites (N-methyl/N-ethyl adjacent to an activating group) is 1. The van der Waals surface area contributed by atoms with Crippen molar-refractivity contribution in [2.45, 2.75) is 11.3 Å². The van der Waals surface area contributed by atoms with Crippen molar-refractivity contribution in [3.05, 3.63) is 29.8 Å². The van der Waals surface area contributed by atoms with Crippen LogP contribution in [0, 0.1) is 0 Å². The molecule has 0 radical (unpaired) electrons. The summed E-state index contributed by atoms with van der Waals surface area (Å²) in [6, 6.07) is 8.79. The van der Waals surface area contributed by atoms with E-state index in [0.717, 1.165) is 26.1 Å². The largest absolute Gasteiger partial charge is 0.329 e. The van der Waals surface area contributed by atoms with Crippen molar-refractivity contribution in [1.82, 2.24) is 4.90 Å². The summed E-state index contributed by atoms with van der Waals surface area (Å²) in [5.74, 6) is 0. The first kappa shape index (κ1) is 12.6. The minimum absolute atomic E-state index is 0.738. The molecule has 3 heteroatoms. The molecule has 0 spiro atoms. The Kier molecular flexibility index (Phi) is 5.76. The van der Waals surface area contributed by atoms with E-state index in [2.05, 4.69) is 42.5 Å². The lowest BCUT2D eigenvalue weighted by atomic mass is 10.1. The predicted octanol–water partition coefficient (Wildman–Crippen LogP) is 1.84.